The first-order chi connectivity index (χ1) is 8.78. The Hall–Kier alpha value is -0.0331. The van der Waals surface area contributed by atoms with Gasteiger partial charge in [0.05, 0.1) is 5.75 Å². The molecular weight excluding hydrogens is 290 g/mol. The fourth-order valence-corrected chi connectivity index (χ4v) is 4.01. The van der Waals surface area contributed by atoms with Crippen molar-refractivity contribution in [3.05, 3.63) is 0 Å². The van der Waals surface area contributed by atoms with Gasteiger partial charge in [0.15, 0.2) is 0 Å². The molecule has 19 heavy (non-hydrogen) atoms. The minimum absolute atomic E-state index is 0.0191. The number of hydrogen-bond acceptors (Lipinski definition) is 6. The third-order valence-corrected chi connectivity index (χ3v) is 6.48. The van der Waals surface area contributed by atoms with Crippen LogP contribution in [0, 0.1) is 0 Å². The summed E-state index contributed by atoms with van der Waals surface area (Å²) in [6.45, 7) is 2.58. The SMILES string of the molecule is CO[Si](CCCNC(C)CCS(=O)(=O)O)(OC)OC. The minimum atomic E-state index is -3.88. The maximum Gasteiger partial charge on any atom is 0.500 e. The lowest BCUT2D eigenvalue weighted by molar-refractivity contribution is 0.123. The van der Waals surface area contributed by atoms with Crippen molar-refractivity contribution in [2.24, 2.45) is 0 Å². The lowest BCUT2D eigenvalue weighted by Crippen LogP contribution is -2.43. The van der Waals surface area contributed by atoms with Crippen LogP contribution >= 0.6 is 0 Å². The topological polar surface area (TPSA) is 94.1 Å². The smallest absolute Gasteiger partial charge is 0.377 e. The van der Waals surface area contributed by atoms with Gasteiger partial charge in [0.25, 0.3) is 10.1 Å². The van der Waals surface area contributed by atoms with Crippen LogP contribution in [-0.4, -0.2) is 61.4 Å². The van der Waals surface area contributed by atoms with Crippen LogP contribution in [0.5, 0.6) is 0 Å². The second-order valence-corrected chi connectivity index (χ2v) is 8.99. The molecule has 0 amide bonds. The minimum Gasteiger partial charge on any atom is -0.377 e. The summed E-state index contributed by atoms with van der Waals surface area (Å²) in [7, 11) is -1.68. The Labute approximate surface area is 116 Å². The Morgan fingerprint density at radius 3 is 2.16 bits per heavy atom. The molecule has 2 N–H and O–H groups in total. The first kappa shape index (κ1) is 19.0. The van der Waals surface area contributed by atoms with Gasteiger partial charge in [0.2, 0.25) is 0 Å². The molecule has 1 unspecified atom stereocenters. The summed E-state index contributed by atoms with van der Waals surface area (Å²) in [5, 5.41) is 3.18. The van der Waals surface area contributed by atoms with Gasteiger partial charge in [-0.05, 0) is 26.3 Å². The average molecular weight is 315 g/mol. The molecule has 0 aliphatic heterocycles. The van der Waals surface area contributed by atoms with Crippen LogP contribution in [0.15, 0.2) is 0 Å². The van der Waals surface area contributed by atoms with Gasteiger partial charge in [-0.2, -0.15) is 8.42 Å². The third-order valence-electron chi connectivity index (χ3n) is 2.89. The van der Waals surface area contributed by atoms with Crippen LogP contribution in [0.2, 0.25) is 6.04 Å². The Bertz CT molecular complexity index is 325. The molecule has 0 aromatic heterocycles. The Morgan fingerprint density at radius 1 is 1.21 bits per heavy atom. The van der Waals surface area contributed by atoms with Crippen molar-refractivity contribution in [3.63, 3.8) is 0 Å². The third kappa shape index (κ3) is 8.68. The van der Waals surface area contributed by atoms with Crippen LogP contribution in [0.25, 0.3) is 0 Å². The van der Waals surface area contributed by atoms with Crippen molar-refractivity contribution in [1.29, 1.82) is 0 Å². The number of hydrogen-bond donors (Lipinski definition) is 2. The summed E-state index contributed by atoms with van der Waals surface area (Å²) < 4.78 is 45.7. The zero-order valence-electron chi connectivity index (χ0n) is 12.0. The van der Waals surface area contributed by atoms with Gasteiger partial charge in [0, 0.05) is 33.4 Å². The highest BCUT2D eigenvalue weighted by atomic mass is 32.2. The highest BCUT2D eigenvalue weighted by Crippen LogP contribution is 2.14. The van der Waals surface area contributed by atoms with Crippen molar-refractivity contribution in [2.45, 2.75) is 31.9 Å². The van der Waals surface area contributed by atoms with Gasteiger partial charge < -0.3 is 18.6 Å². The van der Waals surface area contributed by atoms with Gasteiger partial charge in [-0.25, -0.2) is 0 Å². The predicted molar refractivity (Wildman–Crippen MR) is 74.7 cm³/mol. The molecule has 0 aliphatic carbocycles. The summed E-state index contributed by atoms with van der Waals surface area (Å²) in [6, 6.07) is 0.708. The van der Waals surface area contributed by atoms with E-state index in [2.05, 4.69) is 5.32 Å². The molecule has 0 saturated carbocycles. The van der Waals surface area contributed by atoms with E-state index in [-0.39, 0.29) is 11.8 Å². The molecule has 7 nitrogen and oxygen atoms in total. The fraction of sp³-hybridized carbons (Fsp3) is 1.00. The normalized spacial score (nSPS) is 14.6. The molecule has 0 spiro atoms. The molecule has 9 heteroatoms. The molecule has 1 atom stereocenters. The van der Waals surface area contributed by atoms with Gasteiger partial charge in [0.1, 0.15) is 0 Å². The maximum atomic E-state index is 10.6. The largest absolute Gasteiger partial charge is 0.500 e. The molecule has 0 radical (unpaired) electrons. The van der Waals surface area contributed by atoms with Gasteiger partial charge in [-0.15, -0.1) is 0 Å². The van der Waals surface area contributed by atoms with E-state index in [0.717, 1.165) is 6.42 Å². The van der Waals surface area contributed by atoms with Crippen LogP contribution in [0.1, 0.15) is 19.8 Å². The second kappa shape index (κ2) is 9.00. The zero-order valence-corrected chi connectivity index (χ0v) is 13.8. The maximum absolute atomic E-state index is 10.6. The molecule has 0 fully saturated rings. The molecule has 0 rings (SSSR count). The van der Waals surface area contributed by atoms with E-state index in [9.17, 15) is 8.42 Å². The van der Waals surface area contributed by atoms with Crippen molar-refractivity contribution in [1.82, 2.24) is 5.32 Å². The Balaban J connectivity index is 3.85. The molecule has 0 aromatic carbocycles. The van der Waals surface area contributed by atoms with Gasteiger partial charge in [-0.1, -0.05) is 0 Å². The Kier molecular flexibility index (Phi) is 8.99. The molecule has 0 aliphatic rings. The summed E-state index contributed by atoms with van der Waals surface area (Å²) in [5.41, 5.74) is 0. The Morgan fingerprint density at radius 2 is 1.74 bits per heavy atom. The first-order valence-corrected chi connectivity index (χ1v) is 9.66. The summed E-state index contributed by atoms with van der Waals surface area (Å²) in [4.78, 5) is 0. The van der Waals surface area contributed by atoms with E-state index < -0.39 is 18.9 Å². The number of rotatable bonds is 11. The van der Waals surface area contributed by atoms with E-state index in [0.29, 0.717) is 19.0 Å². The lowest BCUT2D eigenvalue weighted by atomic mass is 10.2. The van der Waals surface area contributed by atoms with E-state index in [1.54, 1.807) is 21.3 Å². The van der Waals surface area contributed by atoms with Gasteiger partial charge in [-0.3, -0.25) is 4.55 Å². The first-order valence-electron chi connectivity index (χ1n) is 6.12. The molecule has 116 valence electrons. The van der Waals surface area contributed by atoms with Gasteiger partial charge >= 0.3 is 8.80 Å². The molecule has 0 aromatic rings. The van der Waals surface area contributed by atoms with Crippen molar-refractivity contribution >= 4 is 18.9 Å². The quantitative estimate of drug-likeness (QED) is 0.326. The zero-order chi connectivity index (χ0) is 14.9. The highest BCUT2D eigenvalue weighted by molar-refractivity contribution is 7.85. The number of nitrogens with one attached hydrogen (secondary N) is 1. The molecule has 0 saturated heterocycles. The van der Waals surface area contributed by atoms with Crippen molar-refractivity contribution < 1.29 is 26.2 Å². The van der Waals surface area contributed by atoms with Crippen LogP contribution in [-0.2, 0) is 23.4 Å². The average Bonchev–Trinajstić information content (AvgIpc) is 2.37. The summed E-state index contributed by atoms with van der Waals surface area (Å²) in [6.07, 6.45) is 1.18. The molecule has 0 heterocycles. The van der Waals surface area contributed by atoms with E-state index in [1.807, 2.05) is 6.92 Å². The van der Waals surface area contributed by atoms with E-state index in [4.69, 9.17) is 17.8 Å². The second-order valence-electron chi connectivity index (χ2n) is 4.33. The van der Waals surface area contributed by atoms with Crippen LogP contribution in [0.4, 0.5) is 0 Å². The lowest BCUT2D eigenvalue weighted by Gasteiger charge is -2.24. The molecular formula is C10H25NO6SSi. The monoisotopic (exact) mass is 315 g/mol. The standard InChI is InChI=1S/C10H25NO6SSi/c1-10(6-8-18(12,13)14)11-7-5-9-19(15-2,16-3)17-4/h10-11H,5-9H2,1-4H3,(H,12,13,14). The fourth-order valence-electron chi connectivity index (χ4n) is 1.64. The van der Waals surface area contributed by atoms with Crippen molar-refractivity contribution in [2.75, 3.05) is 33.6 Å². The van der Waals surface area contributed by atoms with Crippen molar-refractivity contribution in [3.8, 4) is 0 Å². The van der Waals surface area contributed by atoms with E-state index in [1.165, 1.54) is 0 Å². The van der Waals surface area contributed by atoms with Crippen LogP contribution in [0.3, 0.4) is 0 Å². The molecule has 0 bridgehead atoms. The van der Waals surface area contributed by atoms with E-state index >= 15 is 0 Å². The van der Waals surface area contributed by atoms with Crippen LogP contribution < -0.4 is 5.32 Å². The highest BCUT2D eigenvalue weighted by Gasteiger charge is 2.36. The summed E-state index contributed by atoms with van der Waals surface area (Å²) in [5.74, 6) is -0.228. The summed E-state index contributed by atoms with van der Waals surface area (Å²) >= 11 is 0. The predicted octanol–water partition coefficient (Wildman–Crippen LogP) is 0.511.